The molecule has 0 aromatic heterocycles. The van der Waals surface area contributed by atoms with Gasteiger partial charge >= 0.3 is 0 Å². The van der Waals surface area contributed by atoms with E-state index in [4.69, 9.17) is 10.4 Å². The zero-order valence-corrected chi connectivity index (χ0v) is 10.9. The summed E-state index contributed by atoms with van der Waals surface area (Å²) in [6.45, 7) is 7.68. The fraction of sp³-hybridized carbons (Fsp3) is 0.923. The molecule has 0 aromatic carbocycles. The molecule has 1 aliphatic heterocycles. The number of aliphatic hydroxyl groups excluding tert-OH is 1. The van der Waals surface area contributed by atoms with Crippen molar-refractivity contribution in [3.05, 3.63) is 0 Å². The fourth-order valence-electron chi connectivity index (χ4n) is 2.26. The molecule has 98 valence electrons. The lowest BCUT2D eigenvalue weighted by atomic mass is 10.2. The molecule has 1 heterocycles. The number of rotatable bonds is 7. The Balaban J connectivity index is 2.05. The van der Waals surface area contributed by atoms with Crippen LogP contribution in [0.1, 0.15) is 32.6 Å². The van der Waals surface area contributed by atoms with Crippen molar-refractivity contribution in [2.45, 2.75) is 38.6 Å². The molecule has 1 fully saturated rings. The standard InChI is InChI=1S/C13H25N3O/c1-13(12-14)16-9-7-15(8-10-16)6-4-2-3-5-11-17/h13,17H,2-11H2,1H3. The third kappa shape index (κ3) is 5.49. The van der Waals surface area contributed by atoms with Gasteiger partial charge in [0.15, 0.2) is 0 Å². The summed E-state index contributed by atoms with van der Waals surface area (Å²) in [6.07, 6.45) is 4.53. The molecule has 4 nitrogen and oxygen atoms in total. The number of hydrogen-bond donors (Lipinski definition) is 1. The minimum Gasteiger partial charge on any atom is -0.396 e. The summed E-state index contributed by atoms with van der Waals surface area (Å²) >= 11 is 0. The Bertz CT molecular complexity index is 231. The molecule has 0 radical (unpaired) electrons. The Hall–Kier alpha value is -0.630. The van der Waals surface area contributed by atoms with Crippen molar-refractivity contribution in [2.24, 2.45) is 0 Å². The number of nitrogens with zero attached hydrogens (tertiary/aromatic N) is 3. The Morgan fingerprint density at radius 3 is 2.35 bits per heavy atom. The molecular formula is C13H25N3O. The van der Waals surface area contributed by atoms with E-state index in [2.05, 4.69) is 15.9 Å². The molecule has 1 unspecified atom stereocenters. The number of nitriles is 1. The molecular weight excluding hydrogens is 214 g/mol. The summed E-state index contributed by atoms with van der Waals surface area (Å²) in [6, 6.07) is 2.36. The van der Waals surface area contributed by atoms with Crippen molar-refractivity contribution in [2.75, 3.05) is 39.3 Å². The second-order valence-corrected chi connectivity index (χ2v) is 4.82. The number of unbranched alkanes of at least 4 members (excludes halogenated alkanes) is 3. The van der Waals surface area contributed by atoms with Gasteiger partial charge in [0.1, 0.15) is 0 Å². The molecule has 1 atom stereocenters. The largest absolute Gasteiger partial charge is 0.396 e. The Morgan fingerprint density at radius 2 is 1.76 bits per heavy atom. The van der Waals surface area contributed by atoms with Crippen molar-refractivity contribution in [3.63, 3.8) is 0 Å². The highest BCUT2D eigenvalue weighted by Gasteiger charge is 2.19. The first-order valence-electron chi connectivity index (χ1n) is 6.75. The van der Waals surface area contributed by atoms with E-state index >= 15 is 0 Å². The molecule has 1 aliphatic rings. The van der Waals surface area contributed by atoms with Crippen molar-refractivity contribution in [1.29, 1.82) is 5.26 Å². The summed E-state index contributed by atoms with van der Waals surface area (Å²) < 4.78 is 0. The molecule has 0 amide bonds. The first-order valence-corrected chi connectivity index (χ1v) is 6.75. The van der Waals surface area contributed by atoms with Gasteiger partial charge in [-0.3, -0.25) is 4.90 Å². The monoisotopic (exact) mass is 239 g/mol. The van der Waals surface area contributed by atoms with Gasteiger partial charge in [0.2, 0.25) is 0 Å². The smallest absolute Gasteiger partial charge is 0.0950 e. The summed E-state index contributed by atoms with van der Waals surface area (Å²) in [5.74, 6) is 0. The minimum absolute atomic E-state index is 0.0571. The lowest BCUT2D eigenvalue weighted by molar-refractivity contribution is 0.117. The van der Waals surface area contributed by atoms with Crippen molar-refractivity contribution < 1.29 is 5.11 Å². The molecule has 17 heavy (non-hydrogen) atoms. The van der Waals surface area contributed by atoms with Crippen LogP contribution in [0, 0.1) is 11.3 Å². The van der Waals surface area contributed by atoms with Crippen LogP contribution in [-0.4, -0.2) is 60.3 Å². The summed E-state index contributed by atoms with van der Waals surface area (Å²) in [5, 5.41) is 17.5. The van der Waals surface area contributed by atoms with E-state index in [1.165, 1.54) is 19.4 Å². The highest BCUT2D eigenvalue weighted by molar-refractivity contribution is 4.90. The molecule has 0 spiro atoms. The molecule has 0 bridgehead atoms. The van der Waals surface area contributed by atoms with Crippen LogP contribution in [0.3, 0.4) is 0 Å². The van der Waals surface area contributed by atoms with Gasteiger partial charge in [0.25, 0.3) is 0 Å². The van der Waals surface area contributed by atoms with Crippen LogP contribution in [0.4, 0.5) is 0 Å². The van der Waals surface area contributed by atoms with Gasteiger partial charge in [0, 0.05) is 32.8 Å². The fourth-order valence-corrected chi connectivity index (χ4v) is 2.26. The molecule has 4 heteroatoms. The van der Waals surface area contributed by atoms with Crippen molar-refractivity contribution in [1.82, 2.24) is 9.80 Å². The summed E-state index contributed by atoms with van der Waals surface area (Å²) in [4.78, 5) is 4.74. The van der Waals surface area contributed by atoms with Crippen LogP contribution in [0.5, 0.6) is 0 Å². The molecule has 1 rings (SSSR count). The van der Waals surface area contributed by atoms with E-state index in [0.717, 1.165) is 39.0 Å². The van der Waals surface area contributed by atoms with Gasteiger partial charge in [0.05, 0.1) is 12.1 Å². The molecule has 0 aliphatic carbocycles. The second-order valence-electron chi connectivity index (χ2n) is 4.82. The van der Waals surface area contributed by atoms with E-state index in [1.54, 1.807) is 0 Å². The molecule has 0 saturated carbocycles. The van der Waals surface area contributed by atoms with Crippen LogP contribution in [0.15, 0.2) is 0 Å². The SMILES string of the molecule is CC(C#N)N1CCN(CCCCCCO)CC1. The Morgan fingerprint density at radius 1 is 1.12 bits per heavy atom. The summed E-state index contributed by atoms with van der Waals surface area (Å²) in [5.41, 5.74) is 0. The van der Waals surface area contributed by atoms with Crippen LogP contribution >= 0.6 is 0 Å². The van der Waals surface area contributed by atoms with Gasteiger partial charge in [-0.2, -0.15) is 5.26 Å². The number of hydrogen-bond acceptors (Lipinski definition) is 4. The van der Waals surface area contributed by atoms with Gasteiger partial charge in [-0.1, -0.05) is 12.8 Å². The first-order chi connectivity index (χ1) is 8.27. The van der Waals surface area contributed by atoms with Gasteiger partial charge in [-0.05, 0) is 26.3 Å². The average Bonchev–Trinajstić information content (AvgIpc) is 2.38. The Labute approximate surface area is 105 Å². The van der Waals surface area contributed by atoms with Crippen LogP contribution < -0.4 is 0 Å². The number of piperazine rings is 1. The van der Waals surface area contributed by atoms with Crippen LogP contribution in [-0.2, 0) is 0 Å². The highest BCUT2D eigenvalue weighted by atomic mass is 16.2. The normalized spacial score (nSPS) is 20.1. The summed E-state index contributed by atoms with van der Waals surface area (Å²) in [7, 11) is 0. The maximum atomic E-state index is 8.85. The Kier molecular flexibility index (Phi) is 7.18. The van der Waals surface area contributed by atoms with E-state index < -0.39 is 0 Å². The zero-order chi connectivity index (χ0) is 12.5. The van der Waals surface area contributed by atoms with E-state index in [0.29, 0.717) is 6.61 Å². The third-order valence-electron chi connectivity index (χ3n) is 3.52. The van der Waals surface area contributed by atoms with E-state index in [1.807, 2.05) is 6.92 Å². The van der Waals surface area contributed by atoms with Crippen LogP contribution in [0.2, 0.25) is 0 Å². The third-order valence-corrected chi connectivity index (χ3v) is 3.52. The van der Waals surface area contributed by atoms with Gasteiger partial charge in [-0.15, -0.1) is 0 Å². The topological polar surface area (TPSA) is 50.5 Å². The second kappa shape index (κ2) is 8.46. The maximum Gasteiger partial charge on any atom is 0.0950 e. The van der Waals surface area contributed by atoms with Gasteiger partial charge < -0.3 is 10.0 Å². The zero-order valence-electron chi connectivity index (χ0n) is 10.9. The lowest BCUT2D eigenvalue weighted by Crippen LogP contribution is -2.49. The number of aliphatic hydroxyl groups is 1. The first kappa shape index (κ1) is 14.4. The highest BCUT2D eigenvalue weighted by Crippen LogP contribution is 2.08. The molecule has 1 saturated heterocycles. The quantitative estimate of drug-likeness (QED) is 0.675. The lowest BCUT2D eigenvalue weighted by Gasteiger charge is -2.35. The van der Waals surface area contributed by atoms with Crippen molar-refractivity contribution in [3.8, 4) is 6.07 Å². The van der Waals surface area contributed by atoms with Crippen molar-refractivity contribution >= 4 is 0 Å². The maximum absolute atomic E-state index is 8.85. The van der Waals surface area contributed by atoms with E-state index in [-0.39, 0.29) is 6.04 Å². The minimum atomic E-state index is 0.0571. The van der Waals surface area contributed by atoms with Gasteiger partial charge in [-0.25, -0.2) is 0 Å². The average molecular weight is 239 g/mol. The van der Waals surface area contributed by atoms with Crippen LogP contribution in [0.25, 0.3) is 0 Å². The molecule has 0 aromatic rings. The predicted octanol–water partition coefficient (Wildman–Crippen LogP) is 1.07. The molecule has 1 N–H and O–H groups in total. The van der Waals surface area contributed by atoms with E-state index in [9.17, 15) is 0 Å². The predicted molar refractivity (Wildman–Crippen MR) is 68.6 cm³/mol.